The van der Waals surface area contributed by atoms with Crippen molar-refractivity contribution in [2.45, 2.75) is 37.4 Å². The second-order valence-electron chi connectivity index (χ2n) is 7.60. The lowest BCUT2D eigenvalue weighted by molar-refractivity contribution is -0.113. The molecule has 1 amide bonds. The van der Waals surface area contributed by atoms with Gasteiger partial charge in [0.25, 0.3) is 5.56 Å². The fraction of sp³-hybridized carbons (Fsp3) is 0.261. The number of nitrogens with zero attached hydrogens (tertiary/aromatic N) is 2. The summed E-state index contributed by atoms with van der Waals surface area (Å²) in [5.74, 6) is 0.670. The number of halogens is 1. The zero-order valence-electron chi connectivity index (χ0n) is 17.1. The first-order valence-corrected chi connectivity index (χ1v) is 12.9. The number of anilines is 1. The van der Waals surface area contributed by atoms with E-state index in [-0.39, 0.29) is 23.8 Å². The normalized spacial score (nSPS) is 13.3. The Morgan fingerprint density at radius 3 is 2.94 bits per heavy atom. The molecule has 32 heavy (non-hydrogen) atoms. The number of furan rings is 1. The number of fused-ring (bicyclic) bond motifs is 3. The molecule has 0 unspecified atom stereocenters. The van der Waals surface area contributed by atoms with Gasteiger partial charge >= 0.3 is 0 Å². The van der Waals surface area contributed by atoms with E-state index in [1.54, 1.807) is 28.2 Å². The Labute approximate surface area is 201 Å². The van der Waals surface area contributed by atoms with Crippen molar-refractivity contribution in [1.82, 2.24) is 9.55 Å². The second-order valence-corrected chi connectivity index (χ2v) is 10.5. The number of hydrogen-bond donors (Lipinski definition) is 1. The van der Waals surface area contributed by atoms with Crippen LogP contribution < -0.4 is 10.9 Å². The molecule has 5 rings (SSSR count). The van der Waals surface area contributed by atoms with Gasteiger partial charge in [-0.2, -0.15) is 0 Å². The van der Waals surface area contributed by atoms with Crippen molar-refractivity contribution < 1.29 is 9.21 Å². The molecule has 164 valence electrons. The Morgan fingerprint density at radius 2 is 2.12 bits per heavy atom. The first-order valence-electron chi connectivity index (χ1n) is 10.3. The van der Waals surface area contributed by atoms with Gasteiger partial charge < -0.3 is 9.73 Å². The number of thioether (sulfide) groups is 1. The van der Waals surface area contributed by atoms with Gasteiger partial charge in [0.2, 0.25) is 5.91 Å². The first-order chi connectivity index (χ1) is 15.6. The topological polar surface area (TPSA) is 77.1 Å². The summed E-state index contributed by atoms with van der Waals surface area (Å²) in [6.45, 7) is 0.287. The summed E-state index contributed by atoms with van der Waals surface area (Å²) >= 11 is 6.29. The number of rotatable bonds is 6. The lowest BCUT2D eigenvalue weighted by Crippen LogP contribution is -2.25. The molecule has 0 saturated heterocycles. The predicted octanol–water partition coefficient (Wildman–Crippen LogP) is 5.47. The minimum atomic E-state index is -0.155. The number of aryl methyl sites for hydroxylation is 2. The lowest BCUT2D eigenvalue weighted by atomic mass is 9.97. The summed E-state index contributed by atoms with van der Waals surface area (Å²) in [5.41, 5.74) is 1.82. The maximum absolute atomic E-state index is 13.6. The summed E-state index contributed by atoms with van der Waals surface area (Å²) in [4.78, 5) is 33.0. The Balaban J connectivity index is 1.46. The van der Waals surface area contributed by atoms with Crippen LogP contribution in [0.5, 0.6) is 0 Å². The number of carbonyl (C=O) groups excluding carboxylic acids is 1. The Morgan fingerprint density at radius 1 is 1.25 bits per heavy atom. The van der Waals surface area contributed by atoms with Gasteiger partial charge in [-0.15, -0.1) is 11.3 Å². The van der Waals surface area contributed by atoms with Gasteiger partial charge in [-0.1, -0.05) is 33.8 Å². The van der Waals surface area contributed by atoms with Gasteiger partial charge in [0.05, 0.1) is 23.9 Å². The van der Waals surface area contributed by atoms with Crippen molar-refractivity contribution >= 4 is 60.8 Å². The molecule has 0 atom stereocenters. The molecule has 0 radical (unpaired) electrons. The van der Waals surface area contributed by atoms with Crippen LogP contribution >= 0.6 is 39.0 Å². The van der Waals surface area contributed by atoms with E-state index in [9.17, 15) is 9.59 Å². The molecule has 0 aliphatic heterocycles. The molecular formula is C23H20BrN3O3S2. The van der Waals surface area contributed by atoms with Crippen molar-refractivity contribution in [2.24, 2.45) is 0 Å². The van der Waals surface area contributed by atoms with Crippen molar-refractivity contribution in [3.63, 3.8) is 0 Å². The maximum Gasteiger partial charge on any atom is 0.263 e. The third-order valence-electron chi connectivity index (χ3n) is 5.37. The summed E-state index contributed by atoms with van der Waals surface area (Å²) in [7, 11) is 0. The van der Waals surface area contributed by atoms with Gasteiger partial charge in [-0.25, -0.2) is 4.98 Å². The van der Waals surface area contributed by atoms with Crippen LogP contribution in [0, 0.1) is 0 Å². The number of benzene rings is 1. The predicted molar refractivity (Wildman–Crippen MR) is 132 cm³/mol. The van der Waals surface area contributed by atoms with Crippen LogP contribution in [0.2, 0.25) is 0 Å². The quantitative estimate of drug-likeness (QED) is 0.264. The SMILES string of the molecule is O=C(CSc1nc2sc3c(c2c(=O)n1Cc1ccco1)CCCC3)Nc1cccc(Br)c1. The number of aromatic nitrogens is 2. The maximum atomic E-state index is 13.6. The average Bonchev–Trinajstić information content (AvgIpc) is 3.42. The van der Waals surface area contributed by atoms with Crippen LogP contribution in [0.15, 0.2) is 61.5 Å². The van der Waals surface area contributed by atoms with Gasteiger partial charge in [0, 0.05) is 15.0 Å². The summed E-state index contributed by atoms with van der Waals surface area (Å²) in [6.07, 6.45) is 5.78. The molecule has 1 N–H and O–H groups in total. The van der Waals surface area contributed by atoms with E-state index in [0.717, 1.165) is 45.9 Å². The molecule has 0 fully saturated rings. The standard InChI is InChI=1S/C23H20BrN3O3S2/c24-14-5-3-6-15(11-14)25-19(28)13-31-23-26-21-20(17-8-1-2-9-18(17)32-21)22(29)27(23)12-16-7-4-10-30-16/h3-7,10-11H,1-2,8-9,12-13H2,(H,25,28). The average molecular weight is 530 g/mol. The van der Waals surface area contributed by atoms with Crippen LogP contribution in [0.4, 0.5) is 5.69 Å². The molecule has 1 aliphatic carbocycles. The highest BCUT2D eigenvalue weighted by atomic mass is 79.9. The second kappa shape index (κ2) is 9.25. The first kappa shape index (κ1) is 21.5. The van der Waals surface area contributed by atoms with Crippen molar-refractivity contribution in [2.75, 3.05) is 11.1 Å². The summed E-state index contributed by atoms with van der Waals surface area (Å²) in [6, 6.07) is 11.1. The molecule has 0 spiro atoms. The molecule has 1 aromatic carbocycles. The molecule has 0 saturated carbocycles. The van der Waals surface area contributed by atoms with E-state index in [1.165, 1.54) is 16.6 Å². The molecule has 4 aromatic rings. The van der Waals surface area contributed by atoms with Crippen LogP contribution in [-0.4, -0.2) is 21.2 Å². The van der Waals surface area contributed by atoms with Crippen molar-refractivity contribution in [1.29, 1.82) is 0 Å². The van der Waals surface area contributed by atoms with Gasteiger partial charge in [0.1, 0.15) is 10.6 Å². The van der Waals surface area contributed by atoms with Gasteiger partial charge in [-0.3, -0.25) is 14.2 Å². The van der Waals surface area contributed by atoms with Crippen LogP contribution in [0.3, 0.4) is 0 Å². The number of nitrogens with one attached hydrogen (secondary N) is 1. The van der Waals surface area contributed by atoms with E-state index in [0.29, 0.717) is 16.6 Å². The minimum Gasteiger partial charge on any atom is -0.467 e. The number of thiophene rings is 1. The van der Waals surface area contributed by atoms with Crippen LogP contribution in [0.1, 0.15) is 29.0 Å². The van der Waals surface area contributed by atoms with Crippen LogP contribution in [0.25, 0.3) is 10.2 Å². The Bertz CT molecular complexity index is 1340. The van der Waals surface area contributed by atoms with Crippen molar-refractivity contribution in [3.05, 3.63) is 73.7 Å². The number of carbonyl (C=O) groups is 1. The third kappa shape index (κ3) is 4.42. The molecular weight excluding hydrogens is 510 g/mol. The van der Waals surface area contributed by atoms with E-state index >= 15 is 0 Å². The molecule has 3 aromatic heterocycles. The zero-order valence-corrected chi connectivity index (χ0v) is 20.3. The van der Waals surface area contributed by atoms with E-state index in [1.807, 2.05) is 30.3 Å². The molecule has 6 nitrogen and oxygen atoms in total. The molecule has 3 heterocycles. The zero-order chi connectivity index (χ0) is 22.1. The summed E-state index contributed by atoms with van der Waals surface area (Å²) < 4.78 is 8.02. The fourth-order valence-electron chi connectivity index (χ4n) is 3.92. The van der Waals surface area contributed by atoms with Crippen molar-refractivity contribution in [3.8, 4) is 0 Å². The highest BCUT2D eigenvalue weighted by Crippen LogP contribution is 2.35. The highest BCUT2D eigenvalue weighted by molar-refractivity contribution is 9.10. The molecule has 0 bridgehead atoms. The van der Waals surface area contributed by atoms with E-state index in [2.05, 4.69) is 21.2 Å². The molecule has 1 aliphatic rings. The van der Waals surface area contributed by atoms with Gasteiger partial charge in [0.15, 0.2) is 5.16 Å². The Hall–Kier alpha value is -2.36. The minimum absolute atomic E-state index is 0.0549. The fourth-order valence-corrected chi connectivity index (χ4v) is 6.42. The number of hydrogen-bond acceptors (Lipinski definition) is 6. The monoisotopic (exact) mass is 529 g/mol. The number of amides is 1. The third-order valence-corrected chi connectivity index (χ3v) is 8.03. The van der Waals surface area contributed by atoms with E-state index < -0.39 is 0 Å². The molecule has 9 heteroatoms. The summed E-state index contributed by atoms with van der Waals surface area (Å²) in [5, 5.41) is 4.15. The van der Waals surface area contributed by atoms with Gasteiger partial charge in [-0.05, 0) is 61.6 Å². The lowest BCUT2D eigenvalue weighted by Gasteiger charge is -2.13. The smallest absolute Gasteiger partial charge is 0.263 e. The largest absolute Gasteiger partial charge is 0.467 e. The van der Waals surface area contributed by atoms with Crippen LogP contribution in [-0.2, 0) is 24.2 Å². The van der Waals surface area contributed by atoms with E-state index in [4.69, 9.17) is 9.40 Å². The highest BCUT2D eigenvalue weighted by Gasteiger charge is 2.23. The Kier molecular flexibility index (Phi) is 6.21.